The molecule has 0 radical (unpaired) electrons. The van der Waals surface area contributed by atoms with Crippen LogP contribution >= 0.6 is 0 Å². The molecule has 1 aliphatic carbocycles. The Bertz CT molecular complexity index is 1020. The van der Waals surface area contributed by atoms with Crippen molar-refractivity contribution in [3.8, 4) is 11.5 Å². The molecular formula is C22H29N3O5S. The molecule has 168 valence electrons. The number of hydrogen-bond acceptors (Lipinski definition) is 6. The quantitative estimate of drug-likeness (QED) is 0.602. The smallest absolute Gasteiger partial charge is 0.242 e. The van der Waals surface area contributed by atoms with Crippen LogP contribution in [0.25, 0.3) is 0 Å². The van der Waals surface area contributed by atoms with Crippen molar-refractivity contribution in [2.75, 3.05) is 40.2 Å². The van der Waals surface area contributed by atoms with Crippen molar-refractivity contribution in [3.63, 3.8) is 0 Å². The number of ether oxygens (including phenoxy) is 2. The zero-order valence-electron chi connectivity index (χ0n) is 18.3. The van der Waals surface area contributed by atoms with Gasteiger partial charge in [-0.2, -0.15) is 0 Å². The molecule has 0 bridgehead atoms. The van der Waals surface area contributed by atoms with E-state index in [4.69, 9.17) is 9.47 Å². The number of hydrogen-bond donors (Lipinski definition) is 1. The summed E-state index contributed by atoms with van der Waals surface area (Å²) in [5.74, 6) is 1.34. The minimum Gasteiger partial charge on any atom is -0.497 e. The zero-order chi connectivity index (χ0) is 22.6. The summed E-state index contributed by atoms with van der Waals surface area (Å²) in [5.41, 5.74) is 1.51. The highest BCUT2D eigenvalue weighted by molar-refractivity contribution is 7.89. The van der Waals surface area contributed by atoms with Crippen LogP contribution in [0.2, 0.25) is 0 Å². The molecule has 3 rings (SSSR count). The largest absolute Gasteiger partial charge is 0.497 e. The van der Waals surface area contributed by atoms with Crippen molar-refractivity contribution in [2.45, 2.75) is 30.3 Å². The maximum absolute atomic E-state index is 12.7. The highest BCUT2D eigenvalue weighted by atomic mass is 32.2. The van der Waals surface area contributed by atoms with Gasteiger partial charge in [-0.25, -0.2) is 12.7 Å². The van der Waals surface area contributed by atoms with Gasteiger partial charge < -0.3 is 14.8 Å². The van der Waals surface area contributed by atoms with Gasteiger partial charge in [0, 0.05) is 37.9 Å². The molecule has 0 saturated heterocycles. The molecule has 0 aromatic heterocycles. The summed E-state index contributed by atoms with van der Waals surface area (Å²) < 4.78 is 36.3. The maximum atomic E-state index is 12.7. The molecule has 0 atom stereocenters. The summed E-state index contributed by atoms with van der Waals surface area (Å²) in [5, 5.41) is 2.85. The Balaban J connectivity index is 1.67. The molecule has 2 aromatic rings. The van der Waals surface area contributed by atoms with Gasteiger partial charge in [0.05, 0.1) is 25.7 Å². The van der Waals surface area contributed by atoms with Gasteiger partial charge in [-0.1, -0.05) is 0 Å². The van der Waals surface area contributed by atoms with E-state index in [0.717, 1.165) is 34.2 Å². The summed E-state index contributed by atoms with van der Waals surface area (Å²) in [6.07, 6.45) is 2.10. The second kappa shape index (κ2) is 9.67. The van der Waals surface area contributed by atoms with Crippen LogP contribution in [0, 0.1) is 0 Å². The number of benzene rings is 2. The van der Waals surface area contributed by atoms with E-state index < -0.39 is 10.0 Å². The third-order valence-electron chi connectivity index (χ3n) is 5.19. The summed E-state index contributed by atoms with van der Waals surface area (Å²) in [4.78, 5) is 15.0. The van der Waals surface area contributed by atoms with Crippen LogP contribution < -0.4 is 14.8 Å². The molecule has 0 spiro atoms. The molecule has 1 amide bonds. The fourth-order valence-electron chi connectivity index (χ4n) is 3.28. The standard InChI is InChI=1S/C22H29N3O5S/c1-24(2)31(27,28)20-10-5-17(6-11-20)23-22(26)15-25(18-7-8-18)14-16-13-19(29-3)9-12-21(16)30-4/h5-6,9-13,18H,7-8,14-15H2,1-4H3,(H,23,26). The van der Waals surface area contributed by atoms with Crippen LogP contribution in [-0.4, -0.2) is 64.4 Å². The van der Waals surface area contributed by atoms with Gasteiger partial charge in [-0.3, -0.25) is 9.69 Å². The highest BCUT2D eigenvalue weighted by Crippen LogP contribution is 2.31. The summed E-state index contributed by atoms with van der Waals surface area (Å²) in [6.45, 7) is 0.793. The molecule has 1 N–H and O–H groups in total. The lowest BCUT2D eigenvalue weighted by atomic mass is 10.1. The van der Waals surface area contributed by atoms with Gasteiger partial charge in [-0.15, -0.1) is 0 Å². The Kier molecular flexibility index (Phi) is 7.19. The van der Waals surface area contributed by atoms with Crippen molar-refractivity contribution >= 4 is 21.6 Å². The molecule has 2 aromatic carbocycles. The Labute approximate surface area is 183 Å². The fourth-order valence-corrected chi connectivity index (χ4v) is 4.19. The van der Waals surface area contributed by atoms with Crippen LogP contribution in [0.5, 0.6) is 11.5 Å². The lowest BCUT2D eigenvalue weighted by Gasteiger charge is -2.23. The molecule has 9 heteroatoms. The topological polar surface area (TPSA) is 88.2 Å². The van der Waals surface area contributed by atoms with E-state index in [1.807, 2.05) is 18.2 Å². The van der Waals surface area contributed by atoms with E-state index >= 15 is 0 Å². The second-order valence-corrected chi connectivity index (χ2v) is 9.83. The van der Waals surface area contributed by atoms with Gasteiger partial charge in [0.25, 0.3) is 0 Å². The molecule has 8 nitrogen and oxygen atoms in total. The molecule has 1 saturated carbocycles. The number of amides is 1. The average Bonchev–Trinajstić information content (AvgIpc) is 3.59. The molecular weight excluding hydrogens is 418 g/mol. The first-order valence-electron chi connectivity index (χ1n) is 10.0. The molecule has 31 heavy (non-hydrogen) atoms. The number of methoxy groups -OCH3 is 2. The van der Waals surface area contributed by atoms with Crippen LogP contribution in [0.1, 0.15) is 18.4 Å². The summed E-state index contributed by atoms with van der Waals surface area (Å²) >= 11 is 0. The van der Waals surface area contributed by atoms with Gasteiger partial charge in [0.15, 0.2) is 0 Å². The Morgan fingerprint density at radius 3 is 2.29 bits per heavy atom. The fraction of sp³-hybridized carbons (Fsp3) is 0.409. The van der Waals surface area contributed by atoms with Gasteiger partial charge in [0.2, 0.25) is 15.9 Å². The number of nitrogens with zero attached hydrogens (tertiary/aromatic N) is 2. The zero-order valence-corrected chi connectivity index (χ0v) is 19.1. The van der Waals surface area contributed by atoms with Crippen LogP contribution in [0.3, 0.4) is 0 Å². The van der Waals surface area contributed by atoms with Crippen molar-refractivity contribution < 1.29 is 22.7 Å². The number of sulfonamides is 1. The first-order valence-corrected chi connectivity index (χ1v) is 11.5. The van der Waals surface area contributed by atoms with Crippen LogP contribution in [0.15, 0.2) is 47.4 Å². The third kappa shape index (κ3) is 5.75. The molecule has 0 aliphatic heterocycles. The van der Waals surface area contributed by atoms with Crippen LogP contribution in [0.4, 0.5) is 5.69 Å². The Hall–Kier alpha value is -2.62. The van der Waals surface area contributed by atoms with E-state index in [1.54, 1.807) is 26.4 Å². The minimum absolute atomic E-state index is 0.156. The average molecular weight is 448 g/mol. The lowest BCUT2D eigenvalue weighted by Crippen LogP contribution is -2.34. The number of carbonyl (C=O) groups excluding carboxylic acids is 1. The van der Waals surface area contributed by atoms with E-state index in [-0.39, 0.29) is 17.3 Å². The van der Waals surface area contributed by atoms with E-state index in [9.17, 15) is 13.2 Å². The summed E-state index contributed by atoms with van der Waals surface area (Å²) in [6, 6.07) is 12.2. The van der Waals surface area contributed by atoms with Crippen LogP contribution in [-0.2, 0) is 21.4 Å². The predicted molar refractivity (Wildman–Crippen MR) is 119 cm³/mol. The monoisotopic (exact) mass is 447 g/mol. The predicted octanol–water partition coefficient (Wildman–Crippen LogP) is 2.56. The summed E-state index contributed by atoms with van der Waals surface area (Å²) in [7, 11) is 2.70. The maximum Gasteiger partial charge on any atom is 0.242 e. The van der Waals surface area contributed by atoms with Crippen molar-refractivity contribution in [1.82, 2.24) is 9.21 Å². The second-order valence-electron chi connectivity index (χ2n) is 7.67. The first-order chi connectivity index (χ1) is 14.7. The molecule has 0 heterocycles. The van der Waals surface area contributed by atoms with E-state index in [1.165, 1.54) is 26.2 Å². The Morgan fingerprint density at radius 2 is 1.74 bits per heavy atom. The SMILES string of the molecule is COc1ccc(OC)c(CN(CC(=O)Nc2ccc(S(=O)(=O)N(C)C)cc2)C2CC2)c1. The van der Waals surface area contributed by atoms with Gasteiger partial charge >= 0.3 is 0 Å². The van der Waals surface area contributed by atoms with Crippen molar-refractivity contribution in [3.05, 3.63) is 48.0 Å². The third-order valence-corrected chi connectivity index (χ3v) is 7.02. The van der Waals surface area contributed by atoms with Gasteiger partial charge in [-0.05, 0) is 55.3 Å². The number of anilines is 1. The first kappa shape index (κ1) is 23.1. The van der Waals surface area contributed by atoms with Crippen molar-refractivity contribution in [2.24, 2.45) is 0 Å². The molecule has 0 unspecified atom stereocenters. The van der Waals surface area contributed by atoms with Crippen molar-refractivity contribution in [1.29, 1.82) is 0 Å². The highest BCUT2D eigenvalue weighted by Gasteiger charge is 2.31. The minimum atomic E-state index is -3.50. The van der Waals surface area contributed by atoms with E-state index in [2.05, 4.69) is 10.2 Å². The molecule has 1 aliphatic rings. The number of nitrogens with one attached hydrogen (secondary N) is 1. The number of carbonyl (C=O) groups is 1. The van der Waals surface area contributed by atoms with E-state index in [0.29, 0.717) is 18.3 Å². The Morgan fingerprint density at radius 1 is 1.06 bits per heavy atom. The normalized spacial score (nSPS) is 14.0. The lowest BCUT2D eigenvalue weighted by molar-refractivity contribution is -0.117. The number of rotatable bonds is 10. The van der Waals surface area contributed by atoms with Gasteiger partial charge in [0.1, 0.15) is 11.5 Å². The molecule has 1 fully saturated rings.